The number of ether oxygens (including phenoxy) is 1. The largest absolute Gasteiger partial charge is 0.449 e. The van der Waals surface area contributed by atoms with Crippen LogP contribution in [0.25, 0.3) is 0 Å². The average molecular weight is 423 g/mol. The molecule has 3 rings (SSSR count). The minimum atomic E-state index is -1.10. The number of nitriles is 1. The molecule has 162 valence electrons. The Morgan fingerprint density at radius 2 is 1.90 bits per heavy atom. The van der Waals surface area contributed by atoms with Gasteiger partial charge in [0.15, 0.2) is 6.10 Å². The third-order valence-corrected chi connectivity index (χ3v) is 6.01. The molecule has 0 spiro atoms. The van der Waals surface area contributed by atoms with Crippen molar-refractivity contribution in [1.29, 1.82) is 5.26 Å². The average Bonchev–Trinajstić information content (AvgIpc) is 3.03. The molecule has 1 atom stereocenters. The minimum absolute atomic E-state index is 0.0651. The zero-order valence-corrected chi connectivity index (χ0v) is 17.7. The zero-order valence-electron chi connectivity index (χ0n) is 17.7. The number of fused-ring (bicyclic) bond motifs is 1. The predicted molar refractivity (Wildman–Crippen MR) is 111 cm³/mol. The molecule has 31 heavy (non-hydrogen) atoms. The molecular formula is C23H25N3O5. The summed E-state index contributed by atoms with van der Waals surface area (Å²) in [5.41, 5.74) is -0.496. The highest BCUT2D eigenvalue weighted by Gasteiger charge is 2.41. The predicted octanol–water partition coefficient (Wildman–Crippen LogP) is 2.70. The van der Waals surface area contributed by atoms with E-state index in [4.69, 9.17) is 4.74 Å². The van der Waals surface area contributed by atoms with Crippen molar-refractivity contribution >= 4 is 23.7 Å². The molecule has 0 saturated heterocycles. The number of carbonyl (C=O) groups excluding carboxylic acids is 4. The summed E-state index contributed by atoms with van der Waals surface area (Å²) in [4.78, 5) is 52.6. The second-order valence-corrected chi connectivity index (χ2v) is 7.92. The van der Waals surface area contributed by atoms with E-state index in [1.807, 2.05) is 0 Å². The van der Waals surface area contributed by atoms with Gasteiger partial charge in [0.2, 0.25) is 0 Å². The number of hydrogen-bond acceptors (Lipinski definition) is 6. The minimum Gasteiger partial charge on any atom is -0.449 e. The highest BCUT2D eigenvalue weighted by Crippen LogP contribution is 2.33. The van der Waals surface area contributed by atoms with Crippen molar-refractivity contribution in [2.45, 2.75) is 50.7 Å². The number of amides is 3. The molecule has 0 radical (unpaired) electrons. The Morgan fingerprint density at radius 1 is 1.26 bits per heavy atom. The van der Waals surface area contributed by atoms with Crippen LogP contribution >= 0.6 is 0 Å². The molecule has 2 aliphatic rings. The number of imide groups is 1. The summed E-state index contributed by atoms with van der Waals surface area (Å²) < 4.78 is 5.33. The lowest BCUT2D eigenvalue weighted by Gasteiger charge is -2.39. The molecule has 8 nitrogen and oxygen atoms in total. The van der Waals surface area contributed by atoms with Crippen molar-refractivity contribution in [3.63, 3.8) is 0 Å². The third kappa shape index (κ3) is 3.96. The van der Waals surface area contributed by atoms with Crippen LogP contribution in [0.15, 0.2) is 30.9 Å². The molecule has 1 fully saturated rings. The van der Waals surface area contributed by atoms with Gasteiger partial charge in [0.25, 0.3) is 17.7 Å². The van der Waals surface area contributed by atoms with Crippen molar-refractivity contribution in [2.75, 3.05) is 13.6 Å². The maximum Gasteiger partial charge on any atom is 0.338 e. The normalized spacial score (nSPS) is 18.0. The molecule has 1 aliphatic heterocycles. The summed E-state index contributed by atoms with van der Waals surface area (Å²) in [6.07, 6.45) is 4.28. The molecule has 0 aromatic heterocycles. The number of rotatable bonds is 6. The third-order valence-electron chi connectivity index (χ3n) is 6.01. The summed E-state index contributed by atoms with van der Waals surface area (Å²) in [5, 5.41) is 9.68. The second kappa shape index (κ2) is 8.72. The van der Waals surface area contributed by atoms with Crippen molar-refractivity contribution in [1.82, 2.24) is 9.80 Å². The summed E-state index contributed by atoms with van der Waals surface area (Å²) in [5.74, 6) is -2.19. The van der Waals surface area contributed by atoms with E-state index in [-0.39, 0.29) is 23.2 Å². The van der Waals surface area contributed by atoms with Crippen molar-refractivity contribution < 1.29 is 23.9 Å². The maximum absolute atomic E-state index is 12.9. The summed E-state index contributed by atoms with van der Waals surface area (Å²) >= 11 is 0. The van der Waals surface area contributed by atoms with Crippen molar-refractivity contribution in [2.24, 2.45) is 0 Å². The van der Waals surface area contributed by atoms with Gasteiger partial charge in [-0.2, -0.15) is 5.26 Å². The Hall–Kier alpha value is -3.47. The van der Waals surface area contributed by atoms with E-state index in [9.17, 15) is 24.4 Å². The van der Waals surface area contributed by atoms with E-state index in [0.29, 0.717) is 12.8 Å². The summed E-state index contributed by atoms with van der Waals surface area (Å²) in [7, 11) is 1.56. The Balaban J connectivity index is 1.73. The van der Waals surface area contributed by atoms with Gasteiger partial charge < -0.3 is 9.64 Å². The zero-order chi connectivity index (χ0) is 22.8. The molecular weight excluding hydrogens is 398 g/mol. The molecule has 1 aromatic rings. The van der Waals surface area contributed by atoms with Gasteiger partial charge >= 0.3 is 5.97 Å². The van der Waals surface area contributed by atoms with Gasteiger partial charge in [0, 0.05) is 13.6 Å². The molecule has 1 aromatic carbocycles. The van der Waals surface area contributed by atoms with E-state index < -0.39 is 35.3 Å². The fourth-order valence-electron chi connectivity index (χ4n) is 4.13. The first-order valence-corrected chi connectivity index (χ1v) is 10.3. The van der Waals surface area contributed by atoms with Crippen LogP contribution in [0, 0.1) is 11.3 Å². The van der Waals surface area contributed by atoms with Crippen LogP contribution in [0.3, 0.4) is 0 Å². The standard InChI is InChI=1S/C23H25N3O5/c1-4-12-26-20(28)17-9-8-16(13-18(17)21(26)29)22(30)31-15(2)19(27)25(3)23(14-24)10-6-5-7-11-23/h4,8-9,13,15H,1,5-7,10-12H2,2-3H3/t15-/m1/s1. The fraction of sp³-hybridized carbons (Fsp3) is 0.435. The molecule has 1 aliphatic carbocycles. The maximum atomic E-state index is 12.9. The van der Waals surface area contributed by atoms with Gasteiger partial charge in [-0.1, -0.05) is 25.3 Å². The van der Waals surface area contributed by atoms with Crippen LogP contribution in [0.4, 0.5) is 0 Å². The monoisotopic (exact) mass is 423 g/mol. The summed E-state index contributed by atoms with van der Waals surface area (Å²) in [6, 6.07) is 6.37. The number of esters is 1. The Morgan fingerprint density at radius 3 is 2.52 bits per heavy atom. The van der Waals surface area contributed by atoms with Crippen molar-refractivity contribution in [3.8, 4) is 6.07 Å². The van der Waals surface area contributed by atoms with Gasteiger partial charge in [-0.25, -0.2) is 4.79 Å². The molecule has 0 N–H and O–H groups in total. The van der Waals surface area contributed by atoms with Crippen molar-refractivity contribution in [3.05, 3.63) is 47.5 Å². The Kier molecular flexibility index (Phi) is 6.25. The highest BCUT2D eigenvalue weighted by molar-refractivity contribution is 6.22. The number of likely N-dealkylation sites (N-methyl/N-ethyl adjacent to an activating group) is 1. The lowest BCUT2D eigenvalue weighted by molar-refractivity contribution is -0.143. The molecule has 8 heteroatoms. The van der Waals surface area contributed by atoms with E-state index in [1.165, 1.54) is 36.1 Å². The van der Waals surface area contributed by atoms with Crippen LogP contribution in [0.1, 0.15) is 70.1 Å². The first kappa shape index (κ1) is 22.2. The molecule has 1 heterocycles. The van der Waals surface area contributed by atoms with Gasteiger partial charge in [0.05, 0.1) is 22.8 Å². The van der Waals surface area contributed by atoms with E-state index in [0.717, 1.165) is 24.2 Å². The molecule has 1 saturated carbocycles. The fourth-order valence-corrected chi connectivity index (χ4v) is 4.13. The molecule has 0 unspecified atom stereocenters. The lowest BCUT2D eigenvalue weighted by atomic mass is 9.81. The smallest absolute Gasteiger partial charge is 0.338 e. The topological polar surface area (TPSA) is 108 Å². The first-order chi connectivity index (χ1) is 14.8. The summed E-state index contributed by atoms with van der Waals surface area (Å²) in [6.45, 7) is 5.06. The quantitative estimate of drug-likeness (QED) is 0.395. The van der Waals surface area contributed by atoms with Crippen LogP contribution in [-0.2, 0) is 9.53 Å². The van der Waals surface area contributed by atoms with Crippen LogP contribution in [-0.4, -0.2) is 58.7 Å². The SMILES string of the molecule is C=CCN1C(=O)c2ccc(C(=O)O[C@H](C)C(=O)N(C)C3(C#N)CCCCC3)cc2C1=O. The van der Waals surface area contributed by atoms with Crippen LogP contribution in [0.2, 0.25) is 0 Å². The number of benzene rings is 1. The van der Waals surface area contributed by atoms with Crippen LogP contribution in [0.5, 0.6) is 0 Å². The van der Waals surface area contributed by atoms with Gasteiger partial charge in [-0.05, 0) is 38.0 Å². The highest BCUT2D eigenvalue weighted by atomic mass is 16.5. The van der Waals surface area contributed by atoms with Gasteiger partial charge in [-0.3, -0.25) is 19.3 Å². The first-order valence-electron chi connectivity index (χ1n) is 10.3. The Labute approximate surface area is 181 Å². The van der Waals surface area contributed by atoms with E-state index in [1.54, 1.807) is 7.05 Å². The number of carbonyl (C=O) groups is 4. The van der Waals surface area contributed by atoms with E-state index in [2.05, 4.69) is 12.6 Å². The van der Waals surface area contributed by atoms with Gasteiger partial charge in [0.1, 0.15) is 5.54 Å². The Bertz CT molecular complexity index is 987. The molecule has 3 amide bonds. The van der Waals surface area contributed by atoms with Crippen LogP contribution < -0.4 is 0 Å². The second-order valence-electron chi connectivity index (χ2n) is 7.92. The molecule has 0 bridgehead atoms. The van der Waals surface area contributed by atoms with E-state index >= 15 is 0 Å². The number of hydrogen-bond donors (Lipinski definition) is 0. The van der Waals surface area contributed by atoms with Gasteiger partial charge in [-0.15, -0.1) is 6.58 Å². The lowest BCUT2D eigenvalue weighted by Crippen LogP contribution is -2.53. The number of nitrogens with zero attached hydrogens (tertiary/aromatic N) is 3.